The Bertz CT molecular complexity index is 848. The summed E-state index contributed by atoms with van der Waals surface area (Å²) in [7, 11) is 2.60. The fourth-order valence-electron chi connectivity index (χ4n) is 7.72. The normalized spacial score (nSPS) is 40.2. The third kappa shape index (κ3) is 3.86. The Kier molecular flexibility index (Phi) is 6.56. The fourth-order valence-corrected chi connectivity index (χ4v) is 7.72. The summed E-state index contributed by atoms with van der Waals surface area (Å²) >= 11 is 0. The molecular weight excluding hydrogens is 424 g/mol. The monoisotopic (exact) mass is 462 g/mol. The van der Waals surface area contributed by atoms with Gasteiger partial charge in [0.15, 0.2) is 0 Å². The van der Waals surface area contributed by atoms with Crippen LogP contribution >= 0.6 is 0 Å². The highest BCUT2D eigenvalue weighted by atomic mass is 16.7. The first-order valence-corrected chi connectivity index (χ1v) is 12.2. The Balaban J connectivity index is 1.68. The molecule has 0 bridgehead atoms. The molecule has 4 aliphatic carbocycles. The summed E-state index contributed by atoms with van der Waals surface area (Å²) < 4.78 is 20.8. The van der Waals surface area contributed by atoms with Gasteiger partial charge < -0.3 is 24.1 Å². The zero-order valence-electron chi connectivity index (χ0n) is 20.5. The van der Waals surface area contributed by atoms with Crippen molar-refractivity contribution in [2.24, 2.45) is 34.5 Å². The number of fused-ring (bicyclic) bond motifs is 5. The number of carbonyl (C=O) groups is 2. The molecule has 7 heteroatoms. The topological polar surface area (TPSA) is 91.3 Å². The number of rotatable bonds is 4. The first-order valence-electron chi connectivity index (χ1n) is 12.2. The molecule has 0 aliphatic heterocycles. The van der Waals surface area contributed by atoms with Gasteiger partial charge in [-0.15, -0.1) is 0 Å². The molecule has 0 aromatic carbocycles. The van der Waals surface area contributed by atoms with Crippen LogP contribution in [0.3, 0.4) is 0 Å². The van der Waals surface area contributed by atoms with Crippen LogP contribution in [0.5, 0.6) is 0 Å². The molecule has 4 aliphatic rings. The van der Waals surface area contributed by atoms with Crippen LogP contribution in [0.15, 0.2) is 23.3 Å². The first-order chi connectivity index (χ1) is 15.7. The van der Waals surface area contributed by atoms with Crippen molar-refractivity contribution in [1.82, 2.24) is 0 Å². The van der Waals surface area contributed by atoms with Crippen LogP contribution in [0.4, 0.5) is 9.59 Å². The summed E-state index contributed by atoms with van der Waals surface area (Å²) in [6.07, 6.45) is 7.49. The number of aliphatic hydroxyl groups is 1. The third-order valence-corrected chi connectivity index (χ3v) is 9.48. The minimum atomic E-state index is -0.725. The van der Waals surface area contributed by atoms with E-state index in [2.05, 4.69) is 32.9 Å². The van der Waals surface area contributed by atoms with E-state index in [1.807, 2.05) is 0 Å². The number of methoxy groups -OCH3 is 2. The van der Waals surface area contributed by atoms with Crippen molar-refractivity contribution in [3.8, 4) is 0 Å². The summed E-state index contributed by atoms with van der Waals surface area (Å²) in [4.78, 5) is 24.0. The van der Waals surface area contributed by atoms with Crippen LogP contribution in [-0.4, -0.2) is 50.5 Å². The fraction of sp³-hybridized carbons (Fsp3) is 0.769. The van der Waals surface area contributed by atoms with Crippen LogP contribution in [0.1, 0.15) is 59.3 Å². The second-order valence-electron chi connectivity index (χ2n) is 10.8. The van der Waals surface area contributed by atoms with Gasteiger partial charge in [0.25, 0.3) is 0 Å². The van der Waals surface area contributed by atoms with Crippen molar-refractivity contribution < 1.29 is 33.6 Å². The zero-order chi connectivity index (χ0) is 24.0. The van der Waals surface area contributed by atoms with E-state index in [1.165, 1.54) is 19.8 Å². The maximum absolute atomic E-state index is 12.2. The van der Waals surface area contributed by atoms with E-state index in [1.54, 1.807) is 0 Å². The molecule has 0 saturated heterocycles. The summed E-state index contributed by atoms with van der Waals surface area (Å²) in [5.74, 6) is 1.53. The van der Waals surface area contributed by atoms with E-state index < -0.39 is 24.5 Å². The van der Waals surface area contributed by atoms with Crippen molar-refractivity contribution >= 4 is 12.3 Å². The number of carbonyl (C=O) groups excluding carboxylic acids is 2. The van der Waals surface area contributed by atoms with Crippen LogP contribution < -0.4 is 0 Å². The van der Waals surface area contributed by atoms with Gasteiger partial charge in [0.2, 0.25) is 0 Å². The number of aliphatic hydroxyl groups excluding tert-OH is 1. The molecular formula is C26H38O7. The van der Waals surface area contributed by atoms with Crippen LogP contribution in [-0.2, 0) is 18.9 Å². The molecule has 1 N–H and O–H groups in total. The number of hydrogen-bond acceptors (Lipinski definition) is 7. The molecule has 0 spiro atoms. The van der Waals surface area contributed by atoms with Crippen molar-refractivity contribution in [2.45, 2.75) is 71.5 Å². The average Bonchev–Trinajstić information content (AvgIpc) is 3.16. The SMILES string of the molecule is COC(=O)O[C@@H]1CC2=CC=C3[C@@H]4CC[C@H]([C@H](C)CO)[C@@]4(C)CC[C@@H]3[C@@]2(C)[C@@H](OC(=O)OC)C1. The number of ether oxygens (including phenoxy) is 4. The van der Waals surface area contributed by atoms with E-state index in [4.69, 9.17) is 18.9 Å². The maximum Gasteiger partial charge on any atom is 0.508 e. The second kappa shape index (κ2) is 8.97. The molecule has 3 fully saturated rings. The molecule has 0 aromatic rings. The maximum atomic E-state index is 12.2. The highest BCUT2D eigenvalue weighted by Gasteiger charge is 2.60. The molecule has 3 saturated carbocycles. The summed E-state index contributed by atoms with van der Waals surface area (Å²) in [5.41, 5.74) is 2.40. The van der Waals surface area contributed by atoms with Crippen LogP contribution in [0.2, 0.25) is 0 Å². The minimum Gasteiger partial charge on any atom is -0.438 e. The first kappa shape index (κ1) is 24.1. The van der Waals surface area contributed by atoms with E-state index in [-0.39, 0.29) is 23.4 Å². The smallest absolute Gasteiger partial charge is 0.438 e. The van der Waals surface area contributed by atoms with E-state index >= 15 is 0 Å². The minimum absolute atomic E-state index is 0.177. The van der Waals surface area contributed by atoms with Gasteiger partial charge in [0.05, 0.1) is 14.2 Å². The Hall–Kier alpha value is -2.02. The van der Waals surface area contributed by atoms with Gasteiger partial charge >= 0.3 is 12.3 Å². The highest BCUT2D eigenvalue weighted by Crippen LogP contribution is 2.66. The van der Waals surface area contributed by atoms with Gasteiger partial charge in [-0.25, -0.2) is 9.59 Å². The molecule has 0 radical (unpaired) electrons. The number of allylic oxidation sites excluding steroid dienone is 3. The van der Waals surface area contributed by atoms with Gasteiger partial charge in [-0.2, -0.15) is 0 Å². The standard InChI is InChI=1S/C26H38O7/c1-15(14-27)19-8-9-20-18-7-6-16-12-17(32-23(28)30-4)13-22(33-24(29)31-5)26(16,3)21(18)10-11-25(19,20)2/h6-7,15,17,19-22,27H,8-14H2,1-5H3/t15-,17-,19-,20+,21+,22+,25-,26+/m1/s1. The summed E-state index contributed by atoms with van der Waals surface area (Å²) in [5, 5.41) is 9.85. The van der Waals surface area contributed by atoms with Gasteiger partial charge in [-0.3, -0.25) is 0 Å². The van der Waals surface area contributed by atoms with Crippen molar-refractivity contribution in [1.29, 1.82) is 0 Å². The van der Waals surface area contributed by atoms with Crippen LogP contribution in [0, 0.1) is 34.5 Å². The molecule has 0 aromatic heterocycles. The Morgan fingerprint density at radius 2 is 1.76 bits per heavy atom. The van der Waals surface area contributed by atoms with Crippen molar-refractivity contribution in [3.05, 3.63) is 23.3 Å². The van der Waals surface area contributed by atoms with Gasteiger partial charge in [0, 0.05) is 24.9 Å². The van der Waals surface area contributed by atoms with Gasteiger partial charge in [-0.05, 0) is 54.8 Å². The summed E-state index contributed by atoms with van der Waals surface area (Å²) in [6.45, 7) is 7.00. The largest absolute Gasteiger partial charge is 0.508 e. The second-order valence-corrected chi connectivity index (χ2v) is 10.8. The molecule has 33 heavy (non-hydrogen) atoms. The lowest BCUT2D eigenvalue weighted by Gasteiger charge is -2.57. The summed E-state index contributed by atoms with van der Waals surface area (Å²) in [6, 6.07) is 0. The Morgan fingerprint density at radius 1 is 1.06 bits per heavy atom. The molecule has 184 valence electrons. The molecule has 4 rings (SSSR count). The zero-order valence-corrected chi connectivity index (χ0v) is 20.5. The predicted octanol–water partition coefficient (Wildman–Crippen LogP) is 5.03. The molecule has 7 nitrogen and oxygen atoms in total. The van der Waals surface area contributed by atoms with E-state index in [0.717, 1.165) is 31.3 Å². The third-order valence-electron chi connectivity index (χ3n) is 9.48. The van der Waals surface area contributed by atoms with Crippen molar-refractivity contribution in [2.75, 3.05) is 20.8 Å². The molecule has 0 unspecified atom stereocenters. The lowest BCUT2D eigenvalue weighted by atomic mass is 9.49. The average molecular weight is 463 g/mol. The predicted molar refractivity (Wildman–Crippen MR) is 121 cm³/mol. The lowest BCUT2D eigenvalue weighted by molar-refractivity contribution is -0.0833. The lowest BCUT2D eigenvalue weighted by Crippen LogP contribution is -2.54. The number of hydrogen-bond donors (Lipinski definition) is 1. The molecule has 0 amide bonds. The van der Waals surface area contributed by atoms with Gasteiger partial charge in [-0.1, -0.05) is 44.1 Å². The molecule has 0 heterocycles. The quantitative estimate of drug-likeness (QED) is 0.586. The Morgan fingerprint density at radius 3 is 2.42 bits per heavy atom. The highest BCUT2D eigenvalue weighted by molar-refractivity contribution is 5.61. The van der Waals surface area contributed by atoms with E-state index in [0.29, 0.717) is 30.6 Å². The van der Waals surface area contributed by atoms with Gasteiger partial charge in [0.1, 0.15) is 12.2 Å². The van der Waals surface area contributed by atoms with Crippen molar-refractivity contribution in [3.63, 3.8) is 0 Å². The van der Waals surface area contributed by atoms with E-state index in [9.17, 15) is 14.7 Å². The molecule has 8 atom stereocenters. The Labute approximate surface area is 196 Å². The van der Waals surface area contributed by atoms with Crippen LogP contribution in [0.25, 0.3) is 0 Å².